The van der Waals surface area contributed by atoms with Gasteiger partial charge in [-0.05, 0) is 51.2 Å². The standard InChI is InChI=1S/C17H31N5O.HI/c1-13(2)16-11-15(23-21-16)12-20-17(18-3)19-8-5-14-6-9-22(4)10-7-14;/h11,13-14H,5-10,12H2,1-4H3,(H2,18,19,20);1H. The van der Waals surface area contributed by atoms with Crippen molar-refractivity contribution in [2.75, 3.05) is 33.7 Å². The van der Waals surface area contributed by atoms with E-state index in [0.717, 1.165) is 29.9 Å². The minimum Gasteiger partial charge on any atom is -0.359 e. The molecule has 138 valence electrons. The Labute approximate surface area is 162 Å². The molecular weight excluding hydrogens is 417 g/mol. The molecule has 0 bridgehead atoms. The first-order valence-electron chi connectivity index (χ1n) is 8.67. The third-order valence-corrected chi connectivity index (χ3v) is 4.51. The van der Waals surface area contributed by atoms with Gasteiger partial charge in [0.25, 0.3) is 0 Å². The molecule has 2 heterocycles. The summed E-state index contributed by atoms with van der Waals surface area (Å²) in [6.07, 6.45) is 3.81. The fourth-order valence-electron chi connectivity index (χ4n) is 2.82. The highest BCUT2D eigenvalue weighted by molar-refractivity contribution is 14.0. The second-order valence-electron chi connectivity index (χ2n) is 6.76. The van der Waals surface area contributed by atoms with E-state index >= 15 is 0 Å². The number of hydrogen-bond donors (Lipinski definition) is 2. The monoisotopic (exact) mass is 449 g/mol. The van der Waals surface area contributed by atoms with Crippen molar-refractivity contribution in [1.29, 1.82) is 0 Å². The molecule has 1 saturated heterocycles. The molecule has 1 aliphatic heterocycles. The second kappa shape index (κ2) is 10.9. The van der Waals surface area contributed by atoms with E-state index in [0.29, 0.717) is 12.5 Å². The predicted octanol–water partition coefficient (Wildman–Crippen LogP) is 2.81. The summed E-state index contributed by atoms with van der Waals surface area (Å²) < 4.78 is 5.33. The Kier molecular flexibility index (Phi) is 9.65. The van der Waals surface area contributed by atoms with Gasteiger partial charge >= 0.3 is 0 Å². The molecule has 0 atom stereocenters. The van der Waals surface area contributed by atoms with Crippen LogP contribution in [0.25, 0.3) is 0 Å². The van der Waals surface area contributed by atoms with Gasteiger partial charge in [0.2, 0.25) is 0 Å². The molecule has 0 spiro atoms. The van der Waals surface area contributed by atoms with Gasteiger partial charge in [0.05, 0.1) is 12.2 Å². The van der Waals surface area contributed by atoms with Gasteiger partial charge in [-0.25, -0.2) is 0 Å². The van der Waals surface area contributed by atoms with Crippen molar-refractivity contribution in [1.82, 2.24) is 20.7 Å². The van der Waals surface area contributed by atoms with Gasteiger partial charge in [-0.2, -0.15) is 0 Å². The van der Waals surface area contributed by atoms with Crippen LogP contribution in [0.4, 0.5) is 0 Å². The summed E-state index contributed by atoms with van der Waals surface area (Å²) >= 11 is 0. The Balaban J connectivity index is 0.00000288. The highest BCUT2D eigenvalue weighted by atomic mass is 127. The van der Waals surface area contributed by atoms with Crippen molar-refractivity contribution in [2.24, 2.45) is 10.9 Å². The van der Waals surface area contributed by atoms with Gasteiger partial charge in [-0.1, -0.05) is 19.0 Å². The van der Waals surface area contributed by atoms with Crippen LogP contribution in [0.15, 0.2) is 15.6 Å². The van der Waals surface area contributed by atoms with Crippen molar-refractivity contribution in [3.05, 3.63) is 17.5 Å². The first-order valence-corrected chi connectivity index (χ1v) is 8.67. The Bertz CT molecular complexity index is 495. The molecule has 2 N–H and O–H groups in total. The zero-order valence-corrected chi connectivity index (χ0v) is 17.7. The van der Waals surface area contributed by atoms with E-state index in [1.807, 2.05) is 6.07 Å². The van der Waals surface area contributed by atoms with Crippen LogP contribution in [0, 0.1) is 5.92 Å². The van der Waals surface area contributed by atoms with Gasteiger partial charge < -0.3 is 20.1 Å². The van der Waals surface area contributed by atoms with Crippen LogP contribution in [0.3, 0.4) is 0 Å². The van der Waals surface area contributed by atoms with Gasteiger partial charge in [-0.3, -0.25) is 4.99 Å². The average Bonchev–Trinajstić information content (AvgIpc) is 3.01. The van der Waals surface area contributed by atoms with Gasteiger partial charge in [-0.15, -0.1) is 24.0 Å². The average molecular weight is 449 g/mol. The molecule has 0 saturated carbocycles. The van der Waals surface area contributed by atoms with Crippen molar-refractivity contribution in [3.8, 4) is 0 Å². The Morgan fingerprint density at radius 2 is 2.08 bits per heavy atom. The lowest BCUT2D eigenvalue weighted by molar-refractivity contribution is 0.213. The number of aromatic nitrogens is 1. The van der Waals surface area contributed by atoms with Crippen LogP contribution < -0.4 is 10.6 Å². The highest BCUT2D eigenvalue weighted by Crippen LogP contribution is 2.18. The first-order chi connectivity index (χ1) is 11.1. The molecule has 0 radical (unpaired) electrons. The predicted molar refractivity (Wildman–Crippen MR) is 109 cm³/mol. The third kappa shape index (κ3) is 6.96. The van der Waals surface area contributed by atoms with Crippen LogP contribution in [0.5, 0.6) is 0 Å². The Morgan fingerprint density at radius 1 is 1.38 bits per heavy atom. The third-order valence-electron chi connectivity index (χ3n) is 4.51. The van der Waals surface area contributed by atoms with E-state index in [2.05, 4.69) is 46.6 Å². The summed E-state index contributed by atoms with van der Waals surface area (Å²) in [4.78, 5) is 6.67. The molecule has 24 heavy (non-hydrogen) atoms. The first kappa shape index (κ1) is 21.2. The lowest BCUT2D eigenvalue weighted by atomic mass is 9.94. The number of halogens is 1. The molecule has 2 rings (SSSR count). The zero-order chi connectivity index (χ0) is 16.7. The molecule has 6 nitrogen and oxygen atoms in total. The molecule has 1 aliphatic rings. The number of rotatable bonds is 6. The number of piperidine rings is 1. The summed E-state index contributed by atoms with van der Waals surface area (Å²) in [5, 5.41) is 10.7. The summed E-state index contributed by atoms with van der Waals surface area (Å²) in [6.45, 7) is 8.23. The number of likely N-dealkylation sites (tertiary alicyclic amines) is 1. The molecular formula is C17H32IN5O. The molecule has 0 unspecified atom stereocenters. The molecule has 0 aliphatic carbocycles. The summed E-state index contributed by atoms with van der Waals surface area (Å²) in [6, 6.07) is 2.00. The zero-order valence-electron chi connectivity index (χ0n) is 15.3. The minimum absolute atomic E-state index is 0. The topological polar surface area (TPSA) is 65.7 Å². The number of guanidine groups is 1. The quantitative estimate of drug-likeness (QED) is 0.397. The van der Waals surface area contributed by atoms with E-state index in [1.165, 1.54) is 32.4 Å². The fraction of sp³-hybridized carbons (Fsp3) is 0.765. The molecule has 7 heteroatoms. The van der Waals surface area contributed by atoms with Crippen LogP contribution in [-0.4, -0.2) is 49.7 Å². The van der Waals surface area contributed by atoms with Crippen LogP contribution in [-0.2, 0) is 6.54 Å². The normalized spacial score (nSPS) is 17.0. The van der Waals surface area contributed by atoms with Gasteiger partial charge in [0, 0.05) is 19.7 Å². The largest absolute Gasteiger partial charge is 0.359 e. The van der Waals surface area contributed by atoms with Gasteiger partial charge in [0.1, 0.15) is 0 Å². The van der Waals surface area contributed by atoms with E-state index in [-0.39, 0.29) is 24.0 Å². The smallest absolute Gasteiger partial charge is 0.191 e. The maximum absolute atomic E-state index is 5.33. The van der Waals surface area contributed by atoms with Crippen molar-refractivity contribution < 1.29 is 4.52 Å². The minimum atomic E-state index is 0. The molecule has 0 amide bonds. The van der Waals surface area contributed by atoms with Crippen LogP contribution in [0.1, 0.15) is 50.5 Å². The maximum atomic E-state index is 5.33. The van der Waals surface area contributed by atoms with E-state index in [9.17, 15) is 0 Å². The maximum Gasteiger partial charge on any atom is 0.191 e. The number of hydrogen-bond acceptors (Lipinski definition) is 4. The number of nitrogens with zero attached hydrogens (tertiary/aromatic N) is 3. The van der Waals surface area contributed by atoms with Crippen molar-refractivity contribution >= 4 is 29.9 Å². The summed E-state index contributed by atoms with van der Waals surface area (Å²) in [7, 11) is 4.00. The SMILES string of the molecule is CN=C(NCCC1CCN(C)CC1)NCc1cc(C(C)C)no1.I. The highest BCUT2D eigenvalue weighted by Gasteiger charge is 2.16. The summed E-state index contributed by atoms with van der Waals surface area (Å²) in [5.41, 5.74) is 0.993. The van der Waals surface area contributed by atoms with Crippen molar-refractivity contribution in [3.63, 3.8) is 0 Å². The van der Waals surface area contributed by atoms with E-state index < -0.39 is 0 Å². The van der Waals surface area contributed by atoms with Crippen LogP contribution >= 0.6 is 24.0 Å². The molecule has 1 aromatic rings. The Morgan fingerprint density at radius 3 is 2.67 bits per heavy atom. The summed E-state index contributed by atoms with van der Waals surface area (Å²) in [5.74, 6) is 2.88. The van der Waals surface area contributed by atoms with E-state index in [4.69, 9.17) is 4.52 Å². The lowest BCUT2D eigenvalue weighted by Gasteiger charge is -2.29. The van der Waals surface area contributed by atoms with E-state index in [1.54, 1.807) is 7.05 Å². The Hall–Kier alpha value is -0.830. The van der Waals surface area contributed by atoms with Gasteiger partial charge in [0.15, 0.2) is 11.7 Å². The second-order valence-corrected chi connectivity index (χ2v) is 6.76. The van der Waals surface area contributed by atoms with Crippen molar-refractivity contribution in [2.45, 2.75) is 45.6 Å². The molecule has 1 fully saturated rings. The number of nitrogens with one attached hydrogen (secondary N) is 2. The lowest BCUT2D eigenvalue weighted by Crippen LogP contribution is -2.38. The van der Waals surface area contributed by atoms with Crippen LogP contribution in [0.2, 0.25) is 0 Å². The molecule has 1 aromatic heterocycles. The molecule has 0 aromatic carbocycles. The fourth-order valence-corrected chi connectivity index (χ4v) is 2.82. The number of aliphatic imine (C=N–C) groups is 1.